The van der Waals surface area contributed by atoms with Crippen LogP contribution in [0, 0.1) is 6.92 Å². The number of hydrogen-bond acceptors (Lipinski definition) is 3. The zero-order valence-electron chi connectivity index (χ0n) is 11.6. The third kappa shape index (κ3) is 2.25. The fourth-order valence-corrected chi connectivity index (χ4v) is 3.17. The Hall–Kier alpha value is -1.33. The molecule has 20 heavy (non-hydrogen) atoms. The molecule has 1 aliphatic rings. The van der Waals surface area contributed by atoms with Crippen molar-refractivity contribution in [3.05, 3.63) is 45.2 Å². The van der Waals surface area contributed by atoms with Gasteiger partial charge in [-0.2, -0.15) is 5.10 Å². The van der Waals surface area contributed by atoms with Crippen molar-refractivity contribution in [2.45, 2.75) is 32.5 Å². The molecular weight excluding hydrogens is 320 g/mol. The van der Waals surface area contributed by atoms with Crippen LogP contribution in [-0.4, -0.2) is 14.9 Å². The maximum absolute atomic E-state index is 9.91. The molecule has 106 valence electrons. The Morgan fingerprint density at radius 2 is 2.30 bits per heavy atom. The van der Waals surface area contributed by atoms with Crippen molar-refractivity contribution in [1.82, 2.24) is 9.78 Å². The van der Waals surface area contributed by atoms with E-state index in [9.17, 15) is 5.11 Å². The summed E-state index contributed by atoms with van der Waals surface area (Å²) in [4.78, 5) is 0. The van der Waals surface area contributed by atoms with Crippen LogP contribution < -0.4 is 4.74 Å². The summed E-state index contributed by atoms with van der Waals surface area (Å²) in [7, 11) is 1.91. The molecule has 0 amide bonds. The smallest absolute Gasteiger partial charge is 0.131 e. The molecule has 3 rings (SSSR count). The van der Waals surface area contributed by atoms with E-state index in [0.29, 0.717) is 6.61 Å². The molecule has 5 heteroatoms. The Kier molecular flexibility index (Phi) is 3.56. The predicted octanol–water partition coefficient (Wildman–Crippen LogP) is 3.05. The number of benzene rings is 1. The largest absolute Gasteiger partial charge is 0.487 e. The highest BCUT2D eigenvalue weighted by molar-refractivity contribution is 9.10. The second-order valence-corrected chi connectivity index (χ2v) is 5.93. The first-order valence-corrected chi connectivity index (χ1v) is 7.48. The number of ether oxygens (including phenoxy) is 1. The topological polar surface area (TPSA) is 47.3 Å². The van der Waals surface area contributed by atoms with E-state index >= 15 is 0 Å². The number of hydrogen-bond donors (Lipinski definition) is 1. The summed E-state index contributed by atoms with van der Waals surface area (Å²) in [5, 5.41) is 14.3. The van der Waals surface area contributed by atoms with Gasteiger partial charge in [-0.05, 0) is 47.3 Å². The quantitative estimate of drug-likeness (QED) is 0.936. The summed E-state index contributed by atoms with van der Waals surface area (Å²) >= 11 is 3.54. The van der Waals surface area contributed by atoms with Crippen LogP contribution in [0.3, 0.4) is 0 Å². The number of aromatic nitrogens is 2. The van der Waals surface area contributed by atoms with Gasteiger partial charge in [0, 0.05) is 12.6 Å². The monoisotopic (exact) mass is 336 g/mol. The predicted molar refractivity (Wildman–Crippen MR) is 79.7 cm³/mol. The van der Waals surface area contributed by atoms with E-state index in [-0.39, 0.29) is 6.10 Å². The molecular formula is C15H17BrN2O2. The zero-order chi connectivity index (χ0) is 14.3. The molecule has 1 unspecified atom stereocenters. The van der Waals surface area contributed by atoms with Crippen molar-refractivity contribution in [2.75, 3.05) is 0 Å². The van der Waals surface area contributed by atoms with Crippen molar-refractivity contribution in [1.29, 1.82) is 0 Å². The third-order valence-electron chi connectivity index (χ3n) is 3.82. The van der Waals surface area contributed by atoms with Gasteiger partial charge in [-0.3, -0.25) is 4.68 Å². The van der Waals surface area contributed by atoms with E-state index in [0.717, 1.165) is 45.6 Å². The maximum atomic E-state index is 9.91. The van der Waals surface area contributed by atoms with Gasteiger partial charge in [0.1, 0.15) is 12.4 Å². The molecule has 0 aliphatic heterocycles. The molecule has 0 saturated carbocycles. The summed E-state index contributed by atoms with van der Waals surface area (Å²) in [5.74, 6) is 0.866. The lowest BCUT2D eigenvalue weighted by Crippen LogP contribution is -2.05. The van der Waals surface area contributed by atoms with Crippen LogP contribution >= 0.6 is 15.9 Å². The first-order valence-electron chi connectivity index (χ1n) is 6.68. The molecule has 0 saturated heterocycles. The number of fused-ring (bicyclic) bond motifs is 1. The fourth-order valence-electron chi connectivity index (χ4n) is 2.72. The Morgan fingerprint density at radius 3 is 3.00 bits per heavy atom. The van der Waals surface area contributed by atoms with E-state index in [4.69, 9.17) is 4.74 Å². The van der Waals surface area contributed by atoms with Gasteiger partial charge in [0.2, 0.25) is 0 Å². The molecule has 0 fully saturated rings. The summed E-state index contributed by atoms with van der Waals surface area (Å²) in [6.45, 7) is 2.43. The van der Waals surface area contributed by atoms with E-state index in [1.165, 1.54) is 0 Å². The second kappa shape index (κ2) is 5.22. The summed E-state index contributed by atoms with van der Waals surface area (Å²) < 4.78 is 8.78. The van der Waals surface area contributed by atoms with Gasteiger partial charge in [0.05, 0.1) is 22.0 Å². The van der Waals surface area contributed by atoms with E-state index in [1.54, 1.807) is 0 Å². The third-order valence-corrected chi connectivity index (χ3v) is 4.85. The fraction of sp³-hybridized carbons (Fsp3) is 0.400. The van der Waals surface area contributed by atoms with Crippen LogP contribution in [0.2, 0.25) is 0 Å². The number of aliphatic hydroxyl groups is 1. The Balaban J connectivity index is 1.83. The number of nitrogens with zero attached hydrogens (tertiary/aromatic N) is 2. The van der Waals surface area contributed by atoms with Crippen LogP contribution in [-0.2, 0) is 20.1 Å². The van der Waals surface area contributed by atoms with E-state index < -0.39 is 0 Å². The minimum atomic E-state index is -0.348. The van der Waals surface area contributed by atoms with E-state index in [1.807, 2.05) is 36.9 Å². The van der Waals surface area contributed by atoms with Crippen molar-refractivity contribution >= 4 is 15.9 Å². The number of aryl methyl sites for hydroxylation is 2. The lowest BCUT2D eigenvalue weighted by molar-refractivity contribution is 0.180. The highest BCUT2D eigenvalue weighted by Gasteiger charge is 2.23. The Bertz CT molecular complexity index is 652. The molecule has 0 radical (unpaired) electrons. The Morgan fingerprint density at radius 1 is 1.50 bits per heavy atom. The van der Waals surface area contributed by atoms with Gasteiger partial charge in [0.15, 0.2) is 0 Å². The van der Waals surface area contributed by atoms with E-state index in [2.05, 4.69) is 21.0 Å². The molecule has 1 aromatic carbocycles. The lowest BCUT2D eigenvalue weighted by Gasteiger charge is -2.12. The second-order valence-electron chi connectivity index (χ2n) is 5.14. The molecule has 1 N–H and O–H groups in total. The minimum Gasteiger partial charge on any atom is -0.487 e. The standard InChI is InChI=1S/C15H17BrN2O2/c1-9-15(16)12(18(2)17-9)8-20-14-5-3-4-10-11(14)6-7-13(10)19/h3-5,13,19H,6-8H2,1-2H3. The average Bonchev–Trinajstić information content (AvgIpc) is 2.91. The van der Waals surface area contributed by atoms with Gasteiger partial charge < -0.3 is 9.84 Å². The van der Waals surface area contributed by atoms with Crippen LogP contribution in [0.5, 0.6) is 5.75 Å². The Labute approximate surface area is 126 Å². The highest BCUT2D eigenvalue weighted by atomic mass is 79.9. The van der Waals surface area contributed by atoms with Crippen LogP contribution in [0.4, 0.5) is 0 Å². The SMILES string of the molecule is Cc1nn(C)c(COc2cccc3c2CCC3O)c1Br. The molecule has 2 aromatic rings. The highest BCUT2D eigenvalue weighted by Crippen LogP contribution is 2.37. The molecule has 1 aromatic heterocycles. The normalized spacial score (nSPS) is 17.3. The molecule has 1 aliphatic carbocycles. The maximum Gasteiger partial charge on any atom is 0.131 e. The van der Waals surface area contributed by atoms with Crippen molar-refractivity contribution in [3.63, 3.8) is 0 Å². The summed E-state index contributed by atoms with van der Waals surface area (Å²) in [6, 6.07) is 5.88. The van der Waals surface area contributed by atoms with Gasteiger partial charge in [-0.25, -0.2) is 0 Å². The molecule has 1 heterocycles. The van der Waals surface area contributed by atoms with Gasteiger partial charge in [0.25, 0.3) is 0 Å². The molecule has 4 nitrogen and oxygen atoms in total. The first kappa shape index (κ1) is 13.6. The van der Waals surface area contributed by atoms with Crippen LogP contribution in [0.15, 0.2) is 22.7 Å². The lowest BCUT2D eigenvalue weighted by atomic mass is 10.1. The van der Waals surface area contributed by atoms with Gasteiger partial charge in [-0.1, -0.05) is 12.1 Å². The average molecular weight is 337 g/mol. The van der Waals surface area contributed by atoms with Crippen molar-refractivity contribution < 1.29 is 9.84 Å². The molecule has 0 spiro atoms. The van der Waals surface area contributed by atoms with Crippen LogP contribution in [0.25, 0.3) is 0 Å². The zero-order valence-corrected chi connectivity index (χ0v) is 13.1. The number of aliphatic hydroxyl groups excluding tert-OH is 1. The summed E-state index contributed by atoms with van der Waals surface area (Å²) in [5.41, 5.74) is 4.11. The molecule has 1 atom stereocenters. The van der Waals surface area contributed by atoms with Crippen molar-refractivity contribution in [3.8, 4) is 5.75 Å². The van der Waals surface area contributed by atoms with Gasteiger partial charge in [-0.15, -0.1) is 0 Å². The van der Waals surface area contributed by atoms with Gasteiger partial charge >= 0.3 is 0 Å². The summed E-state index contributed by atoms with van der Waals surface area (Å²) in [6.07, 6.45) is 1.31. The molecule has 0 bridgehead atoms. The number of halogens is 1. The number of rotatable bonds is 3. The van der Waals surface area contributed by atoms with Crippen molar-refractivity contribution in [2.24, 2.45) is 7.05 Å². The first-order chi connectivity index (χ1) is 9.58. The van der Waals surface area contributed by atoms with Crippen LogP contribution in [0.1, 0.15) is 35.0 Å². The minimum absolute atomic E-state index is 0.348.